The zero-order chi connectivity index (χ0) is 21.6. The predicted molar refractivity (Wildman–Crippen MR) is 119 cm³/mol. The average molecular weight is 419 g/mol. The van der Waals surface area contributed by atoms with E-state index < -0.39 is 4.92 Å². The van der Waals surface area contributed by atoms with Gasteiger partial charge in [0.2, 0.25) is 5.95 Å². The smallest absolute Gasteiger partial charge is 0.271 e. The van der Waals surface area contributed by atoms with E-state index >= 15 is 0 Å². The lowest BCUT2D eigenvalue weighted by Crippen LogP contribution is -2.41. The molecule has 0 radical (unpaired) electrons. The largest absolute Gasteiger partial charge is 0.395 e. The monoisotopic (exact) mass is 419 g/mol. The van der Waals surface area contributed by atoms with Crippen molar-refractivity contribution >= 4 is 17.3 Å². The van der Waals surface area contributed by atoms with Gasteiger partial charge in [-0.05, 0) is 43.1 Å². The number of aliphatic hydroxyl groups excluding tert-OH is 1. The lowest BCUT2D eigenvalue weighted by atomic mass is 10.0. The summed E-state index contributed by atoms with van der Waals surface area (Å²) in [4.78, 5) is 21.7. The summed E-state index contributed by atoms with van der Waals surface area (Å²) >= 11 is 0. The first-order valence-electron chi connectivity index (χ1n) is 10.4. The molecule has 1 unspecified atom stereocenters. The van der Waals surface area contributed by atoms with Crippen LogP contribution in [0.3, 0.4) is 0 Å². The molecule has 2 aromatic carbocycles. The minimum absolute atomic E-state index is 0.00718. The zero-order valence-electron chi connectivity index (χ0n) is 17.1. The van der Waals surface area contributed by atoms with Gasteiger partial charge in [-0.1, -0.05) is 30.7 Å². The highest BCUT2D eigenvalue weighted by Crippen LogP contribution is 2.24. The normalized spacial score (nSPS) is 16.7. The molecule has 0 bridgehead atoms. The summed E-state index contributed by atoms with van der Waals surface area (Å²) in [5.74, 6) is 0.375. The third-order valence-electron chi connectivity index (χ3n) is 5.54. The van der Waals surface area contributed by atoms with Crippen LogP contribution in [0, 0.1) is 10.1 Å². The number of nitrogens with one attached hydrogen (secondary N) is 1. The Morgan fingerprint density at radius 1 is 1.16 bits per heavy atom. The Kier molecular flexibility index (Phi) is 6.49. The summed E-state index contributed by atoms with van der Waals surface area (Å²) in [6, 6.07) is 16.5. The maximum Gasteiger partial charge on any atom is 0.271 e. The highest BCUT2D eigenvalue weighted by molar-refractivity contribution is 5.63. The fourth-order valence-corrected chi connectivity index (χ4v) is 3.94. The minimum atomic E-state index is -0.433. The van der Waals surface area contributed by atoms with Gasteiger partial charge in [0.1, 0.15) is 0 Å². The van der Waals surface area contributed by atoms with Crippen LogP contribution < -0.4 is 5.32 Å². The van der Waals surface area contributed by atoms with Crippen LogP contribution in [-0.4, -0.2) is 44.1 Å². The van der Waals surface area contributed by atoms with Crippen molar-refractivity contribution in [3.05, 3.63) is 76.5 Å². The van der Waals surface area contributed by atoms with Gasteiger partial charge >= 0.3 is 0 Å². The van der Waals surface area contributed by atoms with E-state index in [0.29, 0.717) is 11.6 Å². The molecule has 3 aromatic rings. The van der Waals surface area contributed by atoms with E-state index in [0.717, 1.165) is 37.2 Å². The Morgan fingerprint density at radius 3 is 2.87 bits per heavy atom. The molecule has 1 aromatic heterocycles. The second kappa shape index (κ2) is 9.63. The molecule has 1 aliphatic heterocycles. The van der Waals surface area contributed by atoms with E-state index in [9.17, 15) is 15.2 Å². The first-order valence-corrected chi connectivity index (χ1v) is 10.4. The molecule has 160 valence electrons. The summed E-state index contributed by atoms with van der Waals surface area (Å²) in [6.45, 7) is 1.99. The molecule has 2 N–H and O–H groups in total. The molecule has 1 saturated heterocycles. The number of aromatic nitrogens is 2. The lowest BCUT2D eigenvalue weighted by molar-refractivity contribution is -0.384. The van der Waals surface area contributed by atoms with Gasteiger partial charge in [0.05, 0.1) is 17.2 Å². The van der Waals surface area contributed by atoms with Crippen molar-refractivity contribution in [3.8, 4) is 11.3 Å². The van der Waals surface area contributed by atoms with E-state index in [1.165, 1.54) is 24.1 Å². The van der Waals surface area contributed by atoms with Gasteiger partial charge < -0.3 is 10.4 Å². The molecule has 0 amide bonds. The fourth-order valence-electron chi connectivity index (χ4n) is 3.94. The Morgan fingerprint density at radius 2 is 2.03 bits per heavy atom. The maximum atomic E-state index is 11.0. The van der Waals surface area contributed by atoms with Crippen molar-refractivity contribution < 1.29 is 10.0 Å². The number of piperidine rings is 1. The van der Waals surface area contributed by atoms with Crippen LogP contribution in [0.4, 0.5) is 17.3 Å². The van der Waals surface area contributed by atoms with Gasteiger partial charge in [-0.3, -0.25) is 15.0 Å². The van der Waals surface area contributed by atoms with Gasteiger partial charge in [0.25, 0.3) is 5.69 Å². The first kappa shape index (κ1) is 20.9. The molecule has 8 heteroatoms. The zero-order valence-corrected chi connectivity index (χ0v) is 17.1. The number of hydrogen-bond acceptors (Lipinski definition) is 7. The van der Waals surface area contributed by atoms with E-state index in [4.69, 9.17) is 0 Å². The molecular formula is C23H25N5O3. The molecule has 0 aliphatic carbocycles. The number of hydrogen-bond donors (Lipinski definition) is 2. The minimum Gasteiger partial charge on any atom is -0.395 e. The summed E-state index contributed by atoms with van der Waals surface area (Å²) in [5.41, 5.74) is 3.47. The van der Waals surface area contributed by atoms with Crippen LogP contribution in [-0.2, 0) is 6.54 Å². The van der Waals surface area contributed by atoms with Crippen molar-refractivity contribution in [3.63, 3.8) is 0 Å². The van der Waals surface area contributed by atoms with Crippen LogP contribution in [0.15, 0.2) is 60.8 Å². The van der Waals surface area contributed by atoms with Crippen molar-refractivity contribution in [1.29, 1.82) is 0 Å². The van der Waals surface area contributed by atoms with Gasteiger partial charge in [0, 0.05) is 42.2 Å². The second-order valence-corrected chi connectivity index (χ2v) is 7.70. The fraction of sp³-hybridized carbons (Fsp3) is 0.304. The third-order valence-corrected chi connectivity index (χ3v) is 5.54. The van der Waals surface area contributed by atoms with Crippen LogP contribution in [0.25, 0.3) is 11.3 Å². The molecule has 4 rings (SSSR count). The van der Waals surface area contributed by atoms with Gasteiger partial charge in [-0.25, -0.2) is 9.97 Å². The maximum absolute atomic E-state index is 11.0. The van der Waals surface area contributed by atoms with Crippen LogP contribution >= 0.6 is 0 Å². The molecule has 8 nitrogen and oxygen atoms in total. The standard InChI is InChI=1S/C23H25N5O3/c29-16-21-8-1-2-12-27(21)15-17-5-3-6-18(13-17)22-10-11-24-23(26-22)25-19-7-4-9-20(14-19)28(30)31/h3-7,9-11,13-14,21,29H,1-2,8,12,15-16H2,(H,24,25,26). The topological polar surface area (TPSA) is 104 Å². The van der Waals surface area contributed by atoms with Crippen molar-refractivity contribution in [2.45, 2.75) is 31.8 Å². The van der Waals surface area contributed by atoms with Crippen molar-refractivity contribution in [2.24, 2.45) is 0 Å². The highest BCUT2D eigenvalue weighted by Gasteiger charge is 2.21. The Balaban J connectivity index is 1.52. The van der Waals surface area contributed by atoms with E-state index in [1.54, 1.807) is 18.3 Å². The summed E-state index contributed by atoms with van der Waals surface area (Å²) in [5, 5.41) is 23.7. The molecule has 31 heavy (non-hydrogen) atoms. The van der Waals surface area contributed by atoms with Gasteiger partial charge in [-0.15, -0.1) is 0 Å². The number of nitrogens with zero attached hydrogens (tertiary/aromatic N) is 4. The second-order valence-electron chi connectivity index (χ2n) is 7.70. The van der Waals surface area contributed by atoms with E-state index in [-0.39, 0.29) is 18.3 Å². The van der Waals surface area contributed by atoms with Crippen LogP contribution in [0.1, 0.15) is 24.8 Å². The number of anilines is 2. The highest BCUT2D eigenvalue weighted by atomic mass is 16.6. The van der Waals surface area contributed by atoms with Crippen LogP contribution in [0.2, 0.25) is 0 Å². The van der Waals surface area contributed by atoms with Crippen molar-refractivity contribution in [1.82, 2.24) is 14.9 Å². The molecule has 2 heterocycles. The van der Waals surface area contributed by atoms with Gasteiger partial charge in [0.15, 0.2) is 0 Å². The number of rotatable bonds is 7. The quantitative estimate of drug-likeness (QED) is 0.438. The van der Waals surface area contributed by atoms with Crippen LogP contribution in [0.5, 0.6) is 0 Å². The first-order chi connectivity index (χ1) is 15.1. The Hall–Kier alpha value is -3.36. The SMILES string of the molecule is O=[N+]([O-])c1cccc(Nc2nccc(-c3cccc(CN4CCCCC4CO)c3)n2)c1. The lowest BCUT2D eigenvalue weighted by Gasteiger charge is -2.34. The third kappa shape index (κ3) is 5.22. The number of nitro groups is 1. The average Bonchev–Trinajstić information content (AvgIpc) is 2.80. The Labute approximate surface area is 180 Å². The number of benzene rings is 2. The number of likely N-dealkylation sites (tertiary alicyclic amines) is 1. The summed E-state index contributed by atoms with van der Waals surface area (Å²) in [7, 11) is 0. The molecule has 0 saturated carbocycles. The van der Waals surface area contributed by atoms with E-state index in [2.05, 4.69) is 32.3 Å². The van der Waals surface area contributed by atoms with Crippen molar-refractivity contribution in [2.75, 3.05) is 18.5 Å². The summed E-state index contributed by atoms with van der Waals surface area (Å²) in [6.07, 6.45) is 5.04. The molecule has 1 atom stereocenters. The molecule has 0 spiro atoms. The Bertz CT molecular complexity index is 1060. The van der Waals surface area contributed by atoms with Gasteiger partial charge in [-0.2, -0.15) is 0 Å². The molecule has 1 aliphatic rings. The number of aliphatic hydroxyl groups is 1. The van der Waals surface area contributed by atoms with E-state index in [1.807, 2.05) is 18.2 Å². The number of nitro benzene ring substituents is 1. The number of non-ortho nitro benzene ring substituents is 1. The molecular weight excluding hydrogens is 394 g/mol. The molecule has 1 fully saturated rings. The summed E-state index contributed by atoms with van der Waals surface area (Å²) < 4.78 is 0. The predicted octanol–water partition coefficient (Wildman–Crippen LogP) is 4.14.